The van der Waals surface area contributed by atoms with E-state index in [1.54, 1.807) is 4.90 Å². The molecule has 0 spiro atoms. The Bertz CT molecular complexity index is 688. The van der Waals surface area contributed by atoms with Crippen LogP contribution in [-0.2, 0) is 4.79 Å². The summed E-state index contributed by atoms with van der Waals surface area (Å²) < 4.78 is 5.64. The Morgan fingerprint density at radius 3 is 2.78 bits per heavy atom. The number of ether oxygens (including phenoxy) is 1. The normalized spacial score (nSPS) is 13.2. The molecule has 0 fully saturated rings. The van der Waals surface area contributed by atoms with Gasteiger partial charge in [-0.2, -0.15) is 0 Å². The van der Waals surface area contributed by atoms with Crippen LogP contribution >= 0.6 is 0 Å². The van der Waals surface area contributed by atoms with Gasteiger partial charge in [0.15, 0.2) is 0 Å². The molecule has 1 amide bonds. The lowest BCUT2D eigenvalue weighted by Gasteiger charge is -2.32. The molecule has 3 rings (SSSR count). The van der Waals surface area contributed by atoms with E-state index >= 15 is 0 Å². The topological polar surface area (TPSA) is 58.8 Å². The Hall–Kier alpha value is -2.69. The van der Waals surface area contributed by atoms with E-state index in [0.717, 1.165) is 17.1 Å². The fraction of sp³-hybridized carbons (Fsp3) is 0.278. The van der Waals surface area contributed by atoms with Crippen molar-refractivity contribution in [3.63, 3.8) is 0 Å². The number of nitrogen functional groups attached to an aromatic ring is 1. The Balaban J connectivity index is 1.80. The van der Waals surface area contributed by atoms with Gasteiger partial charge in [-0.15, -0.1) is 0 Å². The zero-order chi connectivity index (χ0) is 16.2. The van der Waals surface area contributed by atoms with Crippen LogP contribution < -0.4 is 20.3 Å². The summed E-state index contributed by atoms with van der Waals surface area (Å²) in [6.07, 6.45) is 0. The fourth-order valence-electron chi connectivity index (χ4n) is 2.81. The van der Waals surface area contributed by atoms with E-state index in [1.165, 1.54) is 0 Å². The molecule has 0 atom stereocenters. The van der Waals surface area contributed by atoms with Gasteiger partial charge in [-0.1, -0.05) is 18.2 Å². The number of benzene rings is 2. The van der Waals surface area contributed by atoms with Gasteiger partial charge in [0.1, 0.15) is 12.4 Å². The first-order valence-corrected chi connectivity index (χ1v) is 7.81. The molecule has 0 aromatic heterocycles. The lowest BCUT2D eigenvalue weighted by molar-refractivity contribution is -0.117. The van der Waals surface area contributed by atoms with E-state index in [4.69, 9.17) is 10.5 Å². The maximum Gasteiger partial charge on any atom is 0.246 e. The van der Waals surface area contributed by atoms with Gasteiger partial charge in [-0.25, -0.2) is 0 Å². The maximum absolute atomic E-state index is 12.7. The van der Waals surface area contributed by atoms with Crippen LogP contribution in [0.3, 0.4) is 0 Å². The highest BCUT2D eigenvalue weighted by atomic mass is 16.5. The summed E-state index contributed by atoms with van der Waals surface area (Å²) in [5.41, 5.74) is 8.34. The first-order valence-electron chi connectivity index (χ1n) is 7.81. The highest BCUT2D eigenvalue weighted by molar-refractivity contribution is 5.96. The number of nitrogens with zero attached hydrogens (tertiary/aromatic N) is 2. The van der Waals surface area contributed by atoms with Gasteiger partial charge in [0.25, 0.3) is 0 Å². The van der Waals surface area contributed by atoms with Crippen molar-refractivity contribution in [1.29, 1.82) is 0 Å². The van der Waals surface area contributed by atoms with Gasteiger partial charge in [-0.05, 0) is 37.3 Å². The van der Waals surface area contributed by atoms with Crippen LogP contribution in [0.1, 0.15) is 6.92 Å². The van der Waals surface area contributed by atoms with Crippen LogP contribution in [0.5, 0.6) is 5.75 Å². The number of fused-ring (bicyclic) bond motifs is 1. The Labute approximate surface area is 136 Å². The zero-order valence-electron chi connectivity index (χ0n) is 13.2. The molecule has 1 aliphatic rings. The second kappa shape index (κ2) is 6.60. The molecule has 23 heavy (non-hydrogen) atoms. The number of carbonyl (C=O) groups excluding carboxylic acids is 1. The highest BCUT2D eigenvalue weighted by Crippen LogP contribution is 2.33. The molecule has 0 saturated heterocycles. The van der Waals surface area contributed by atoms with Crippen molar-refractivity contribution in [2.24, 2.45) is 0 Å². The molecule has 5 nitrogen and oxygen atoms in total. The van der Waals surface area contributed by atoms with Crippen molar-refractivity contribution < 1.29 is 9.53 Å². The second-order valence-electron chi connectivity index (χ2n) is 5.47. The third-order valence-corrected chi connectivity index (χ3v) is 3.95. The molecule has 0 bridgehead atoms. The van der Waals surface area contributed by atoms with E-state index < -0.39 is 0 Å². The number of hydrogen-bond donors (Lipinski definition) is 1. The lowest BCUT2D eigenvalue weighted by atomic mass is 10.2. The monoisotopic (exact) mass is 311 g/mol. The summed E-state index contributed by atoms with van der Waals surface area (Å²) in [4.78, 5) is 16.6. The van der Waals surface area contributed by atoms with Crippen LogP contribution in [0.2, 0.25) is 0 Å². The van der Waals surface area contributed by atoms with Gasteiger partial charge in [-0.3, -0.25) is 4.79 Å². The number of hydrogen-bond acceptors (Lipinski definition) is 4. The number of amides is 1. The molecule has 120 valence electrons. The van der Waals surface area contributed by atoms with Crippen LogP contribution in [0, 0.1) is 0 Å². The molecule has 2 N–H and O–H groups in total. The molecule has 0 unspecified atom stereocenters. The van der Waals surface area contributed by atoms with Crippen LogP contribution in [0.15, 0.2) is 48.5 Å². The summed E-state index contributed by atoms with van der Waals surface area (Å²) in [5.74, 6) is 0.843. The van der Waals surface area contributed by atoms with Gasteiger partial charge < -0.3 is 20.3 Å². The standard InChI is InChI=1S/C18H21N3O2/c1-2-21(15-6-4-3-5-7-15)18(22)13-20-10-11-23-17-9-8-14(19)12-16(17)20/h3-9,12H,2,10-11,13,19H2,1H3. The number of rotatable bonds is 4. The zero-order valence-corrected chi connectivity index (χ0v) is 13.2. The van der Waals surface area contributed by atoms with E-state index in [0.29, 0.717) is 31.9 Å². The summed E-state index contributed by atoms with van der Waals surface area (Å²) in [5, 5.41) is 0. The van der Waals surface area contributed by atoms with E-state index in [9.17, 15) is 4.79 Å². The minimum atomic E-state index is 0.0639. The van der Waals surface area contributed by atoms with Crippen molar-refractivity contribution in [3.05, 3.63) is 48.5 Å². The van der Waals surface area contributed by atoms with E-state index in [2.05, 4.69) is 0 Å². The first kappa shape index (κ1) is 15.2. The lowest BCUT2D eigenvalue weighted by Crippen LogP contribution is -2.43. The minimum Gasteiger partial charge on any atom is -0.490 e. The number of nitrogens with two attached hydrogens (primary N) is 1. The summed E-state index contributed by atoms with van der Waals surface area (Å²) >= 11 is 0. The third kappa shape index (κ3) is 3.23. The molecule has 2 aromatic rings. The third-order valence-electron chi connectivity index (χ3n) is 3.95. The largest absolute Gasteiger partial charge is 0.490 e. The molecular weight excluding hydrogens is 290 g/mol. The predicted octanol–water partition coefficient (Wildman–Crippen LogP) is 2.52. The molecule has 0 aliphatic carbocycles. The highest BCUT2D eigenvalue weighted by Gasteiger charge is 2.23. The Morgan fingerprint density at radius 2 is 2.04 bits per heavy atom. The smallest absolute Gasteiger partial charge is 0.246 e. The first-order chi connectivity index (χ1) is 11.2. The summed E-state index contributed by atoms with van der Waals surface area (Å²) in [6, 6.07) is 15.3. The number of carbonyl (C=O) groups is 1. The quantitative estimate of drug-likeness (QED) is 0.882. The van der Waals surface area contributed by atoms with Crippen molar-refractivity contribution in [1.82, 2.24) is 0 Å². The van der Waals surface area contributed by atoms with E-state index in [1.807, 2.05) is 60.4 Å². The van der Waals surface area contributed by atoms with Crippen LogP contribution in [0.4, 0.5) is 17.1 Å². The summed E-state index contributed by atoms with van der Waals surface area (Å²) in [6.45, 7) is 4.17. The molecule has 2 aromatic carbocycles. The van der Waals surface area contributed by atoms with Crippen LogP contribution in [-0.4, -0.2) is 32.1 Å². The number of para-hydroxylation sites is 1. The van der Waals surface area contributed by atoms with Gasteiger partial charge in [0, 0.05) is 17.9 Å². The fourth-order valence-corrected chi connectivity index (χ4v) is 2.81. The average Bonchev–Trinajstić information content (AvgIpc) is 2.57. The molecule has 0 radical (unpaired) electrons. The van der Waals surface area contributed by atoms with Crippen molar-refractivity contribution in [3.8, 4) is 5.75 Å². The molecule has 1 heterocycles. The van der Waals surface area contributed by atoms with E-state index in [-0.39, 0.29) is 5.91 Å². The Morgan fingerprint density at radius 1 is 1.26 bits per heavy atom. The maximum atomic E-state index is 12.7. The predicted molar refractivity (Wildman–Crippen MR) is 93.0 cm³/mol. The SMILES string of the molecule is CCN(C(=O)CN1CCOc2ccc(N)cc21)c1ccccc1. The van der Waals surface area contributed by atoms with Gasteiger partial charge in [0.2, 0.25) is 5.91 Å². The molecule has 5 heteroatoms. The van der Waals surface area contributed by atoms with Crippen LogP contribution in [0.25, 0.3) is 0 Å². The number of anilines is 3. The molecule has 0 saturated carbocycles. The van der Waals surface area contributed by atoms with Crippen molar-refractivity contribution >= 4 is 23.0 Å². The minimum absolute atomic E-state index is 0.0639. The van der Waals surface area contributed by atoms with Gasteiger partial charge >= 0.3 is 0 Å². The van der Waals surface area contributed by atoms with Crippen molar-refractivity contribution in [2.75, 3.05) is 41.8 Å². The number of likely N-dealkylation sites (N-methyl/N-ethyl adjacent to an activating group) is 1. The average molecular weight is 311 g/mol. The summed E-state index contributed by atoms with van der Waals surface area (Å²) in [7, 11) is 0. The van der Waals surface area contributed by atoms with Gasteiger partial charge in [0.05, 0.1) is 18.8 Å². The second-order valence-corrected chi connectivity index (χ2v) is 5.47. The molecule has 1 aliphatic heterocycles. The van der Waals surface area contributed by atoms with Crippen molar-refractivity contribution in [2.45, 2.75) is 6.92 Å². The Kier molecular flexibility index (Phi) is 4.37. The molecular formula is C18H21N3O2.